The van der Waals surface area contributed by atoms with Gasteiger partial charge in [0, 0.05) is 38.6 Å². The number of carbonyl (C=O) groups excluding carboxylic acids is 2. The van der Waals surface area contributed by atoms with E-state index in [4.69, 9.17) is 0 Å². The average molecular weight is 399 g/mol. The molecule has 0 spiro atoms. The SMILES string of the molecule is O=C(c1cccnc1)N1CCCN(C(=O)C(c2ccccc2)c2ccccc2)CC1. The Kier molecular flexibility index (Phi) is 6.18. The zero-order chi connectivity index (χ0) is 20.8. The fourth-order valence-electron chi connectivity index (χ4n) is 3.96. The summed E-state index contributed by atoms with van der Waals surface area (Å²) in [6.07, 6.45) is 4.01. The molecule has 2 amide bonds. The zero-order valence-electron chi connectivity index (χ0n) is 16.9. The molecular formula is C25H25N3O2. The second-order valence-corrected chi connectivity index (χ2v) is 7.47. The molecule has 2 aromatic carbocycles. The van der Waals surface area contributed by atoms with E-state index in [2.05, 4.69) is 4.98 Å². The molecule has 0 aliphatic carbocycles. The number of pyridine rings is 1. The maximum atomic E-state index is 13.6. The van der Waals surface area contributed by atoms with E-state index in [1.807, 2.05) is 70.5 Å². The molecule has 1 saturated heterocycles. The van der Waals surface area contributed by atoms with Crippen LogP contribution in [0.1, 0.15) is 33.8 Å². The predicted molar refractivity (Wildman–Crippen MR) is 116 cm³/mol. The van der Waals surface area contributed by atoms with Gasteiger partial charge in [-0.05, 0) is 29.7 Å². The quantitative estimate of drug-likeness (QED) is 0.674. The third-order valence-electron chi connectivity index (χ3n) is 5.52. The Morgan fingerprint density at radius 2 is 1.33 bits per heavy atom. The molecule has 5 nitrogen and oxygen atoms in total. The zero-order valence-corrected chi connectivity index (χ0v) is 16.9. The lowest BCUT2D eigenvalue weighted by molar-refractivity contribution is -0.131. The summed E-state index contributed by atoms with van der Waals surface area (Å²) in [5, 5.41) is 0. The van der Waals surface area contributed by atoms with Crippen LogP contribution < -0.4 is 0 Å². The van der Waals surface area contributed by atoms with E-state index in [0.29, 0.717) is 31.7 Å². The van der Waals surface area contributed by atoms with Crippen molar-refractivity contribution in [2.24, 2.45) is 0 Å². The Morgan fingerprint density at radius 3 is 1.93 bits per heavy atom. The van der Waals surface area contributed by atoms with Gasteiger partial charge in [-0.1, -0.05) is 60.7 Å². The van der Waals surface area contributed by atoms with E-state index in [-0.39, 0.29) is 17.7 Å². The fourth-order valence-corrected chi connectivity index (χ4v) is 3.96. The van der Waals surface area contributed by atoms with Crippen molar-refractivity contribution in [2.45, 2.75) is 12.3 Å². The summed E-state index contributed by atoms with van der Waals surface area (Å²) in [7, 11) is 0. The van der Waals surface area contributed by atoms with Crippen molar-refractivity contribution in [1.82, 2.24) is 14.8 Å². The van der Waals surface area contributed by atoms with Crippen molar-refractivity contribution in [3.8, 4) is 0 Å². The third kappa shape index (κ3) is 4.40. The van der Waals surface area contributed by atoms with Crippen LogP contribution in [0.15, 0.2) is 85.2 Å². The van der Waals surface area contributed by atoms with E-state index in [9.17, 15) is 9.59 Å². The van der Waals surface area contributed by atoms with Gasteiger partial charge < -0.3 is 9.80 Å². The van der Waals surface area contributed by atoms with Crippen LogP contribution >= 0.6 is 0 Å². The van der Waals surface area contributed by atoms with Crippen LogP contribution in [0.2, 0.25) is 0 Å². The van der Waals surface area contributed by atoms with E-state index >= 15 is 0 Å². The van der Waals surface area contributed by atoms with E-state index in [0.717, 1.165) is 17.5 Å². The second kappa shape index (κ2) is 9.35. The van der Waals surface area contributed by atoms with Gasteiger partial charge in [-0.3, -0.25) is 14.6 Å². The van der Waals surface area contributed by atoms with Crippen molar-refractivity contribution in [3.63, 3.8) is 0 Å². The maximum Gasteiger partial charge on any atom is 0.255 e. The normalized spacial score (nSPS) is 14.4. The second-order valence-electron chi connectivity index (χ2n) is 7.47. The lowest BCUT2D eigenvalue weighted by Crippen LogP contribution is -2.39. The van der Waals surface area contributed by atoms with Gasteiger partial charge in [0.25, 0.3) is 5.91 Å². The Morgan fingerprint density at radius 1 is 0.733 bits per heavy atom. The Hall–Kier alpha value is -3.47. The molecule has 30 heavy (non-hydrogen) atoms. The highest BCUT2D eigenvalue weighted by atomic mass is 16.2. The first-order chi connectivity index (χ1) is 14.7. The highest BCUT2D eigenvalue weighted by Crippen LogP contribution is 2.27. The molecule has 2 heterocycles. The lowest BCUT2D eigenvalue weighted by atomic mass is 9.90. The Balaban J connectivity index is 1.52. The monoisotopic (exact) mass is 399 g/mol. The van der Waals surface area contributed by atoms with E-state index < -0.39 is 0 Å². The van der Waals surface area contributed by atoms with E-state index in [1.54, 1.807) is 24.5 Å². The van der Waals surface area contributed by atoms with Crippen molar-refractivity contribution >= 4 is 11.8 Å². The first-order valence-corrected chi connectivity index (χ1v) is 10.3. The summed E-state index contributed by atoms with van der Waals surface area (Å²) in [5.74, 6) is -0.281. The number of hydrogen-bond donors (Lipinski definition) is 0. The highest BCUT2D eigenvalue weighted by Gasteiger charge is 2.29. The molecule has 0 atom stereocenters. The van der Waals surface area contributed by atoms with Crippen molar-refractivity contribution in [2.75, 3.05) is 26.2 Å². The highest BCUT2D eigenvalue weighted by molar-refractivity contribution is 5.94. The molecule has 1 aliphatic rings. The van der Waals surface area contributed by atoms with Crippen LogP contribution in [-0.4, -0.2) is 52.8 Å². The summed E-state index contributed by atoms with van der Waals surface area (Å²) < 4.78 is 0. The van der Waals surface area contributed by atoms with Gasteiger partial charge in [0.05, 0.1) is 11.5 Å². The van der Waals surface area contributed by atoms with Crippen molar-refractivity contribution in [1.29, 1.82) is 0 Å². The summed E-state index contributed by atoms with van der Waals surface area (Å²) in [5.41, 5.74) is 2.56. The number of hydrogen-bond acceptors (Lipinski definition) is 3. The number of amides is 2. The van der Waals surface area contributed by atoms with Crippen LogP contribution in [0.3, 0.4) is 0 Å². The standard InChI is InChI=1S/C25H25N3O2/c29-24(22-13-7-14-26-19-22)27-15-8-16-28(18-17-27)25(30)23(20-9-3-1-4-10-20)21-11-5-2-6-12-21/h1-7,9-14,19,23H,8,15-18H2. The van der Waals surface area contributed by atoms with Crippen LogP contribution in [0.25, 0.3) is 0 Å². The van der Waals surface area contributed by atoms with Gasteiger partial charge in [-0.2, -0.15) is 0 Å². The van der Waals surface area contributed by atoms with Gasteiger partial charge in [-0.15, -0.1) is 0 Å². The van der Waals surface area contributed by atoms with Crippen LogP contribution in [0, 0.1) is 0 Å². The summed E-state index contributed by atoms with van der Waals surface area (Å²) >= 11 is 0. The molecule has 4 rings (SSSR count). The van der Waals surface area contributed by atoms with Crippen LogP contribution in [-0.2, 0) is 4.79 Å². The Labute approximate surface area is 177 Å². The molecule has 0 bridgehead atoms. The molecule has 3 aromatic rings. The van der Waals surface area contributed by atoms with Gasteiger partial charge >= 0.3 is 0 Å². The van der Waals surface area contributed by atoms with Gasteiger partial charge in [0.1, 0.15) is 0 Å². The summed E-state index contributed by atoms with van der Waals surface area (Å²) in [6.45, 7) is 2.33. The first kappa shape index (κ1) is 19.8. The number of carbonyl (C=O) groups is 2. The van der Waals surface area contributed by atoms with Gasteiger partial charge in [-0.25, -0.2) is 0 Å². The molecule has 0 unspecified atom stereocenters. The molecule has 1 fully saturated rings. The minimum atomic E-state index is -0.340. The molecule has 5 heteroatoms. The maximum absolute atomic E-state index is 13.6. The van der Waals surface area contributed by atoms with Crippen molar-refractivity contribution < 1.29 is 9.59 Å². The molecule has 1 aromatic heterocycles. The topological polar surface area (TPSA) is 53.5 Å². The smallest absolute Gasteiger partial charge is 0.255 e. The predicted octanol–water partition coefficient (Wildman–Crippen LogP) is 3.59. The molecule has 0 N–H and O–H groups in total. The van der Waals surface area contributed by atoms with Crippen molar-refractivity contribution in [3.05, 3.63) is 102 Å². The number of rotatable bonds is 4. The lowest BCUT2D eigenvalue weighted by Gasteiger charge is -2.27. The Bertz CT molecular complexity index is 938. The first-order valence-electron chi connectivity index (χ1n) is 10.3. The fraction of sp³-hybridized carbons (Fsp3) is 0.240. The van der Waals surface area contributed by atoms with Gasteiger partial charge in [0.2, 0.25) is 5.91 Å². The minimum absolute atomic E-state index is 0.0277. The molecule has 1 aliphatic heterocycles. The molecular weight excluding hydrogens is 374 g/mol. The summed E-state index contributed by atoms with van der Waals surface area (Å²) in [4.78, 5) is 34.2. The number of benzene rings is 2. The van der Waals surface area contributed by atoms with E-state index in [1.165, 1.54) is 0 Å². The van der Waals surface area contributed by atoms with Crippen LogP contribution in [0.5, 0.6) is 0 Å². The molecule has 0 radical (unpaired) electrons. The number of aromatic nitrogens is 1. The van der Waals surface area contributed by atoms with Crippen LogP contribution in [0.4, 0.5) is 0 Å². The average Bonchev–Trinajstić information content (AvgIpc) is 3.07. The molecule has 0 saturated carbocycles. The molecule has 152 valence electrons. The third-order valence-corrected chi connectivity index (χ3v) is 5.52. The minimum Gasteiger partial charge on any atom is -0.340 e. The number of nitrogens with zero attached hydrogens (tertiary/aromatic N) is 3. The van der Waals surface area contributed by atoms with Gasteiger partial charge in [0.15, 0.2) is 0 Å². The summed E-state index contributed by atoms with van der Waals surface area (Å²) in [6, 6.07) is 23.4. The largest absolute Gasteiger partial charge is 0.340 e.